The van der Waals surface area contributed by atoms with Gasteiger partial charge in [0.05, 0.1) is 0 Å². The van der Waals surface area contributed by atoms with Crippen LogP contribution in [0.4, 0.5) is 0 Å². The van der Waals surface area contributed by atoms with E-state index in [1.54, 1.807) is 0 Å². The fourth-order valence-electron chi connectivity index (χ4n) is 2.18. The maximum atomic E-state index is 12.2. The van der Waals surface area contributed by atoms with Crippen LogP contribution >= 0.6 is 11.6 Å². The molecule has 0 aliphatic carbocycles. The Morgan fingerprint density at radius 3 is 2.14 bits per heavy atom. The van der Waals surface area contributed by atoms with Crippen molar-refractivity contribution >= 4 is 17.5 Å². The first-order valence-corrected chi connectivity index (χ1v) is 8.14. The predicted molar refractivity (Wildman–Crippen MR) is 91.2 cm³/mol. The second-order valence-corrected chi connectivity index (χ2v) is 7.84. The van der Waals surface area contributed by atoms with E-state index in [2.05, 4.69) is 39.9 Å². The Bertz CT molecular complexity index is 457. The molecule has 0 fully saturated rings. The van der Waals surface area contributed by atoms with Gasteiger partial charge in [0, 0.05) is 18.0 Å². The lowest BCUT2D eigenvalue weighted by molar-refractivity contribution is 0.0934. The van der Waals surface area contributed by atoms with E-state index >= 15 is 0 Å². The van der Waals surface area contributed by atoms with Crippen LogP contribution in [0.5, 0.6) is 0 Å². The molecule has 0 spiro atoms. The van der Waals surface area contributed by atoms with Gasteiger partial charge in [-0.25, -0.2) is 0 Å². The van der Waals surface area contributed by atoms with E-state index in [9.17, 15) is 4.79 Å². The van der Waals surface area contributed by atoms with Crippen LogP contribution in [-0.4, -0.2) is 18.3 Å². The number of hydrogen-bond donors (Lipinski definition) is 1. The number of rotatable bonds is 6. The SMILES string of the molecule is CC(C)(CCCCl)CNC(=O)c1ccc(C(C)(C)C)cc1. The first-order valence-electron chi connectivity index (χ1n) is 7.60. The highest BCUT2D eigenvalue weighted by atomic mass is 35.5. The average molecular weight is 310 g/mol. The van der Waals surface area contributed by atoms with E-state index in [4.69, 9.17) is 11.6 Å². The third-order valence-corrected chi connectivity index (χ3v) is 4.00. The summed E-state index contributed by atoms with van der Waals surface area (Å²) in [6.45, 7) is 11.5. The zero-order valence-corrected chi connectivity index (χ0v) is 14.7. The maximum absolute atomic E-state index is 12.2. The number of hydrogen-bond acceptors (Lipinski definition) is 1. The normalized spacial score (nSPS) is 12.3. The van der Waals surface area contributed by atoms with Crippen LogP contribution in [0.15, 0.2) is 24.3 Å². The Kier molecular flexibility index (Phi) is 6.27. The molecule has 118 valence electrons. The molecule has 1 amide bonds. The second kappa shape index (κ2) is 7.31. The van der Waals surface area contributed by atoms with Crippen LogP contribution in [0.3, 0.4) is 0 Å². The maximum Gasteiger partial charge on any atom is 0.251 e. The summed E-state index contributed by atoms with van der Waals surface area (Å²) in [5.41, 5.74) is 2.15. The van der Waals surface area contributed by atoms with Crippen LogP contribution in [0.25, 0.3) is 0 Å². The summed E-state index contributed by atoms with van der Waals surface area (Å²) in [5, 5.41) is 3.02. The van der Waals surface area contributed by atoms with E-state index in [0.717, 1.165) is 18.4 Å². The fraction of sp³-hybridized carbons (Fsp3) is 0.611. The van der Waals surface area contributed by atoms with Gasteiger partial charge in [-0.15, -0.1) is 11.6 Å². The number of carbonyl (C=O) groups excluding carboxylic acids is 1. The van der Waals surface area contributed by atoms with Crippen molar-refractivity contribution in [1.82, 2.24) is 5.32 Å². The topological polar surface area (TPSA) is 29.1 Å². The van der Waals surface area contributed by atoms with Crippen LogP contribution in [-0.2, 0) is 5.41 Å². The summed E-state index contributed by atoms with van der Waals surface area (Å²) in [6.07, 6.45) is 1.99. The van der Waals surface area contributed by atoms with Crippen molar-refractivity contribution in [1.29, 1.82) is 0 Å². The van der Waals surface area contributed by atoms with E-state index in [1.165, 1.54) is 5.56 Å². The standard InChI is InChI=1S/C18H28ClNO/c1-17(2,3)15-9-7-14(8-10-15)16(21)20-13-18(4,5)11-6-12-19/h7-10H,6,11-13H2,1-5H3,(H,20,21). The van der Waals surface area contributed by atoms with Crippen molar-refractivity contribution in [3.63, 3.8) is 0 Å². The minimum absolute atomic E-state index is 0.00518. The summed E-state index contributed by atoms with van der Waals surface area (Å²) >= 11 is 5.73. The minimum atomic E-state index is -0.00518. The summed E-state index contributed by atoms with van der Waals surface area (Å²) in [5.74, 6) is 0.667. The third-order valence-electron chi connectivity index (χ3n) is 3.73. The largest absolute Gasteiger partial charge is 0.352 e. The molecule has 0 heterocycles. The monoisotopic (exact) mass is 309 g/mol. The van der Waals surface area contributed by atoms with Gasteiger partial charge in [-0.1, -0.05) is 46.8 Å². The van der Waals surface area contributed by atoms with E-state index in [-0.39, 0.29) is 16.7 Å². The van der Waals surface area contributed by atoms with Gasteiger partial charge < -0.3 is 5.32 Å². The number of carbonyl (C=O) groups is 1. The molecule has 0 aromatic heterocycles. The van der Waals surface area contributed by atoms with E-state index in [1.807, 2.05) is 24.3 Å². The molecule has 0 bridgehead atoms. The third kappa shape index (κ3) is 6.09. The van der Waals surface area contributed by atoms with Crippen molar-refractivity contribution in [3.05, 3.63) is 35.4 Å². The number of benzene rings is 1. The lowest BCUT2D eigenvalue weighted by Gasteiger charge is -2.24. The van der Waals surface area contributed by atoms with Gasteiger partial charge in [0.2, 0.25) is 0 Å². The molecular formula is C18H28ClNO. The molecule has 0 aliphatic rings. The lowest BCUT2D eigenvalue weighted by Crippen LogP contribution is -2.34. The van der Waals surface area contributed by atoms with Crippen molar-refractivity contribution in [2.24, 2.45) is 5.41 Å². The molecule has 0 saturated heterocycles. The van der Waals surface area contributed by atoms with Crippen LogP contribution < -0.4 is 5.32 Å². The van der Waals surface area contributed by atoms with Gasteiger partial charge >= 0.3 is 0 Å². The number of halogens is 1. The Morgan fingerprint density at radius 2 is 1.67 bits per heavy atom. The van der Waals surface area contributed by atoms with Gasteiger partial charge in [-0.05, 0) is 41.4 Å². The molecule has 1 aromatic carbocycles. The zero-order valence-electron chi connectivity index (χ0n) is 13.9. The van der Waals surface area contributed by atoms with Crippen LogP contribution in [0.2, 0.25) is 0 Å². The van der Waals surface area contributed by atoms with Crippen molar-refractivity contribution in [2.45, 2.75) is 52.9 Å². The van der Waals surface area contributed by atoms with E-state index in [0.29, 0.717) is 12.4 Å². The summed E-state index contributed by atoms with van der Waals surface area (Å²) in [4.78, 5) is 12.2. The van der Waals surface area contributed by atoms with Crippen LogP contribution in [0.1, 0.15) is 63.4 Å². The highest BCUT2D eigenvalue weighted by Crippen LogP contribution is 2.23. The number of alkyl halides is 1. The van der Waals surface area contributed by atoms with Gasteiger partial charge in [0.15, 0.2) is 0 Å². The molecule has 0 radical (unpaired) electrons. The molecule has 0 aliphatic heterocycles. The zero-order chi connectivity index (χ0) is 16.1. The van der Waals surface area contributed by atoms with Gasteiger partial charge in [0.1, 0.15) is 0 Å². The highest BCUT2D eigenvalue weighted by molar-refractivity contribution is 6.17. The van der Waals surface area contributed by atoms with Crippen molar-refractivity contribution in [3.8, 4) is 0 Å². The second-order valence-electron chi connectivity index (χ2n) is 7.47. The quantitative estimate of drug-likeness (QED) is 0.754. The van der Waals surface area contributed by atoms with E-state index < -0.39 is 0 Å². The Morgan fingerprint density at radius 1 is 1.10 bits per heavy atom. The number of nitrogens with one attached hydrogen (secondary N) is 1. The minimum Gasteiger partial charge on any atom is -0.352 e. The first kappa shape index (κ1) is 18.0. The van der Waals surface area contributed by atoms with Gasteiger partial charge in [0.25, 0.3) is 5.91 Å². The molecule has 1 aromatic rings. The number of amides is 1. The highest BCUT2D eigenvalue weighted by Gasteiger charge is 2.19. The smallest absolute Gasteiger partial charge is 0.251 e. The summed E-state index contributed by atoms with van der Waals surface area (Å²) in [7, 11) is 0. The molecule has 0 saturated carbocycles. The van der Waals surface area contributed by atoms with Crippen molar-refractivity contribution in [2.75, 3.05) is 12.4 Å². The Hall–Kier alpha value is -1.02. The van der Waals surface area contributed by atoms with Gasteiger partial charge in [-0.2, -0.15) is 0 Å². The molecule has 3 heteroatoms. The molecule has 0 atom stereocenters. The lowest BCUT2D eigenvalue weighted by atomic mass is 9.86. The Balaban J connectivity index is 2.60. The van der Waals surface area contributed by atoms with Crippen molar-refractivity contribution < 1.29 is 4.79 Å². The molecular weight excluding hydrogens is 282 g/mol. The predicted octanol–water partition coefficient (Wildman–Crippen LogP) is 4.76. The molecule has 2 nitrogen and oxygen atoms in total. The summed E-state index contributed by atoms with van der Waals surface area (Å²) in [6, 6.07) is 7.88. The molecule has 1 rings (SSSR count). The van der Waals surface area contributed by atoms with Crippen LogP contribution in [0, 0.1) is 5.41 Å². The molecule has 21 heavy (non-hydrogen) atoms. The Labute approximate surface area is 134 Å². The first-order chi connectivity index (χ1) is 9.65. The fourth-order valence-corrected chi connectivity index (χ4v) is 2.31. The molecule has 1 N–H and O–H groups in total. The average Bonchev–Trinajstić information content (AvgIpc) is 2.42. The van der Waals surface area contributed by atoms with Gasteiger partial charge in [-0.3, -0.25) is 4.79 Å². The summed E-state index contributed by atoms with van der Waals surface area (Å²) < 4.78 is 0. The molecule has 0 unspecified atom stereocenters.